The van der Waals surface area contributed by atoms with Gasteiger partial charge in [0.2, 0.25) is 0 Å². The molecular weight excluding hydrogens is 1450 g/mol. The fourth-order valence-corrected chi connectivity index (χ4v) is 23.1. The molecule has 118 heavy (non-hydrogen) atoms. The van der Waals surface area contributed by atoms with E-state index in [9.17, 15) is 0 Å². The lowest BCUT2D eigenvalue weighted by Gasteiger charge is -2.43. The maximum absolute atomic E-state index is 7.89. The minimum Gasteiger partial charge on any atom is -0.474 e. The molecule has 11 aromatic carbocycles. The first-order valence-corrected chi connectivity index (χ1v) is 43.7. The van der Waals surface area contributed by atoms with Crippen LogP contribution in [0.1, 0.15) is 182 Å². The maximum Gasteiger partial charge on any atom is 0.338 e. The summed E-state index contributed by atoms with van der Waals surface area (Å²) in [5, 5.41) is 1.32. The molecule has 7 nitrogen and oxygen atoms in total. The summed E-state index contributed by atoms with van der Waals surface area (Å²) in [6, 6.07) is 96.0. The average Bonchev–Trinajstić information content (AvgIpc) is 1.50. The zero-order valence-electron chi connectivity index (χ0n) is 70.6. The van der Waals surface area contributed by atoms with Crippen LogP contribution >= 0.6 is 11.3 Å². The molecule has 3 aliphatic carbocycles. The first-order chi connectivity index (χ1) is 56.6. The number of hydrogen-bond donors (Lipinski definition) is 0. The van der Waals surface area contributed by atoms with Gasteiger partial charge >= 0.3 is 6.71 Å². The monoisotopic (exact) mass is 1550 g/mol. The van der Waals surface area contributed by atoms with E-state index in [-0.39, 0.29) is 51.3 Å². The van der Waals surface area contributed by atoms with Gasteiger partial charge in [-0.2, -0.15) is 0 Å². The average molecular weight is 1560 g/mol. The van der Waals surface area contributed by atoms with Crippen LogP contribution in [-0.2, 0) is 37.9 Å². The van der Waals surface area contributed by atoms with Crippen molar-refractivity contribution in [3.63, 3.8) is 0 Å². The number of benzene rings is 11. The second-order valence-electron chi connectivity index (χ2n) is 39.8. The Hall–Kier alpha value is -11.5. The molecule has 0 fully saturated rings. The van der Waals surface area contributed by atoms with Gasteiger partial charge in [0.25, 0.3) is 6.71 Å². The van der Waals surface area contributed by atoms with Crippen LogP contribution in [0.15, 0.2) is 274 Å². The zero-order valence-corrected chi connectivity index (χ0v) is 71.5. The van der Waals surface area contributed by atoms with E-state index in [4.69, 9.17) is 13.3 Å². The Bertz CT molecular complexity index is 6640. The molecule has 8 heterocycles. The molecule has 7 aliphatic rings. The van der Waals surface area contributed by atoms with Crippen molar-refractivity contribution in [1.29, 1.82) is 0 Å². The summed E-state index contributed by atoms with van der Waals surface area (Å²) in [7, 11) is 0. The number of furan rings is 3. The van der Waals surface area contributed by atoms with Gasteiger partial charge in [-0.3, -0.25) is 0 Å². The van der Waals surface area contributed by atoms with Crippen LogP contribution in [0.4, 0.5) is 68.2 Å². The van der Waals surface area contributed by atoms with Gasteiger partial charge in [0.15, 0.2) is 0 Å². The van der Waals surface area contributed by atoms with Gasteiger partial charge in [0.1, 0.15) is 29.2 Å². The van der Waals surface area contributed by atoms with E-state index in [0.717, 1.165) is 129 Å². The predicted octanol–water partition coefficient (Wildman–Crippen LogP) is 26.5. The molecule has 0 bridgehead atoms. The van der Waals surface area contributed by atoms with Crippen molar-refractivity contribution < 1.29 is 13.3 Å². The summed E-state index contributed by atoms with van der Waals surface area (Å²) in [4.78, 5) is 10.2. The normalized spacial score (nSPS) is 17.2. The van der Waals surface area contributed by atoms with Crippen molar-refractivity contribution in [2.24, 2.45) is 0 Å². The highest BCUT2D eigenvalue weighted by atomic mass is 32.1. The number of para-hydroxylation sites is 3. The van der Waals surface area contributed by atoms with Crippen molar-refractivity contribution in [2.75, 3.05) is 19.6 Å². The molecule has 0 saturated heterocycles. The lowest BCUT2D eigenvalue weighted by molar-refractivity contribution is 0.278. The molecule has 0 spiro atoms. The van der Waals surface area contributed by atoms with Crippen LogP contribution in [0.5, 0.6) is 0 Å². The van der Waals surface area contributed by atoms with Crippen molar-refractivity contribution in [3.05, 3.63) is 301 Å². The minimum absolute atomic E-state index is 0.0257. The second-order valence-corrected chi connectivity index (χ2v) is 40.9. The number of anilines is 12. The summed E-state index contributed by atoms with van der Waals surface area (Å²) in [6.45, 7) is 35.8. The van der Waals surface area contributed by atoms with E-state index in [1.807, 2.05) is 11.3 Å². The summed E-state index contributed by atoms with van der Waals surface area (Å²) < 4.78 is 25.5. The molecule has 10 heteroatoms. The zero-order chi connectivity index (χ0) is 80.8. The fraction of sp³-hybridized carbons (Fsp3) is 0.259. The molecule has 4 aliphatic heterocycles. The van der Waals surface area contributed by atoms with Gasteiger partial charge < -0.3 is 32.9 Å². The standard InChI is InChI=1S/C108H100B2N4O3S/c1-102(2,3)71-45-54-85-77(63-71)86-87-80(111(72-34-21-17-22-35-72)74-46-41-66(42-47-74)65-29-19-16-20-30-65)50-52-82-93(87)109(101(86)118-85)78-39-25-26-40-79(78)113(82)76-38-28-33-70(62-76)69-32-27-31-68(61-69)67-43-48-75(49-44-67)112(73-36-23-18-24-37-73)81-51-53-83-94-88(81)89-91-97(107(12,13)59-56-104(91,6)7)116-99(89)110(94)100-95(92-98(117-100)108(14,15)60-57-105(92,8)9)114(83)84-64-115-96-90(84)103(4,5)55-58-106(96,10)11/h16-54,61-64H,55-60H2,1-15H3. The molecule has 0 saturated carbocycles. The van der Waals surface area contributed by atoms with Crippen LogP contribution in [0, 0.1) is 0 Å². The van der Waals surface area contributed by atoms with Crippen molar-refractivity contribution >= 4 is 136 Å². The minimum atomic E-state index is -0.290. The first-order valence-electron chi connectivity index (χ1n) is 42.9. The topological polar surface area (TPSA) is 52.4 Å². The molecule has 15 aromatic rings. The van der Waals surface area contributed by atoms with Crippen molar-refractivity contribution in [3.8, 4) is 55.6 Å². The quantitative estimate of drug-likeness (QED) is 0.120. The summed E-state index contributed by atoms with van der Waals surface area (Å²) >= 11 is 1.97. The van der Waals surface area contributed by atoms with Crippen LogP contribution in [0.2, 0.25) is 0 Å². The highest BCUT2D eigenvalue weighted by molar-refractivity contribution is 7.34. The largest absolute Gasteiger partial charge is 0.474 e. The van der Waals surface area contributed by atoms with Gasteiger partial charge in [0, 0.05) is 105 Å². The van der Waals surface area contributed by atoms with Crippen LogP contribution < -0.4 is 52.1 Å². The van der Waals surface area contributed by atoms with Crippen LogP contribution in [0.3, 0.4) is 0 Å². The van der Waals surface area contributed by atoms with Crippen LogP contribution in [0.25, 0.3) is 65.7 Å². The SMILES string of the molecule is CC(C)(C)c1ccc2sc3c(c2c1)-c1c(N(c2ccccc2)c2ccc(-c4ccccc4)cc2)ccc2c1B3c1ccccc1N2c1cccc(-c2cccc(-c3ccc(N(c4ccccc4)c4ccc5c6c4-c4c(oc7c4C(C)(C)CCC7(C)C)B6c4oc6c(c4N5c4coc5c4C(C)(C)CCC5(C)C)C(C)(C)CCC6(C)C)cc3)c2)c1. The Morgan fingerprint density at radius 1 is 0.356 bits per heavy atom. The van der Waals surface area contributed by atoms with Gasteiger partial charge in [0.05, 0.1) is 28.4 Å². The number of hydrogen-bond acceptors (Lipinski definition) is 8. The number of nitrogens with zero attached hydrogens (tertiary/aromatic N) is 4. The predicted molar refractivity (Wildman–Crippen MR) is 498 cm³/mol. The molecule has 0 unspecified atom stereocenters. The third kappa shape index (κ3) is 10.8. The Morgan fingerprint density at radius 2 is 0.822 bits per heavy atom. The molecule has 0 atom stereocenters. The number of fused-ring (bicyclic) bond motifs is 17. The lowest BCUT2D eigenvalue weighted by atomic mass is 9.39. The third-order valence-electron chi connectivity index (χ3n) is 28.4. The van der Waals surface area contributed by atoms with E-state index in [0.29, 0.717) is 0 Å². The lowest BCUT2D eigenvalue weighted by Crippen LogP contribution is -2.54. The third-order valence-corrected chi connectivity index (χ3v) is 29.6. The Morgan fingerprint density at radius 3 is 1.44 bits per heavy atom. The van der Waals surface area contributed by atoms with Gasteiger partial charge in [-0.25, -0.2) is 0 Å². The molecule has 4 aromatic heterocycles. The molecular formula is C108H100B2N4O3S. The van der Waals surface area contributed by atoms with Gasteiger partial charge in [-0.15, -0.1) is 11.3 Å². The van der Waals surface area contributed by atoms with Crippen LogP contribution in [-0.4, -0.2) is 13.4 Å². The van der Waals surface area contributed by atoms with E-state index in [1.54, 1.807) is 0 Å². The van der Waals surface area contributed by atoms with E-state index in [1.165, 1.54) is 115 Å². The Labute approximate surface area is 700 Å². The van der Waals surface area contributed by atoms with E-state index in [2.05, 4.69) is 385 Å². The van der Waals surface area contributed by atoms with E-state index < -0.39 is 0 Å². The van der Waals surface area contributed by atoms with Gasteiger partial charge in [-0.05, 0) is 235 Å². The molecule has 582 valence electrons. The molecule has 0 N–H and O–H groups in total. The number of thiophene rings is 1. The first kappa shape index (κ1) is 73.0. The fourth-order valence-electron chi connectivity index (χ4n) is 21.8. The van der Waals surface area contributed by atoms with Crippen molar-refractivity contribution in [2.45, 2.75) is 180 Å². The summed E-state index contributed by atoms with van der Waals surface area (Å²) in [5.74, 6) is 3.32. The highest BCUT2D eigenvalue weighted by Gasteiger charge is 2.59. The van der Waals surface area contributed by atoms with E-state index >= 15 is 0 Å². The molecule has 0 radical (unpaired) electrons. The smallest absolute Gasteiger partial charge is 0.338 e. The molecule has 0 amide bonds. The summed E-state index contributed by atoms with van der Waals surface area (Å²) in [5.41, 5.74) is 35.9. The van der Waals surface area contributed by atoms with Gasteiger partial charge in [-0.1, -0.05) is 249 Å². The highest BCUT2D eigenvalue weighted by Crippen LogP contribution is 2.62. The van der Waals surface area contributed by atoms with Crippen molar-refractivity contribution in [1.82, 2.24) is 0 Å². The Kier molecular flexibility index (Phi) is 15.8. The maximum atomic E-state index is 7.89. The second kappa shape index (κ2) is 25.5. The Balaban J connectivity index is 0.675. The molecule has 22 rings (SSSR count). The number of rotatable bonds is 11. The summed E-state index contributed by atoms with van der Waals surface area (Å²) in [6.07, 6.45) is 8.39.